The summed E-state index contributed by atoms with van der Waals surface area (Å²) in [6.45, 7) is 1.39. The third-order valence-corrected chi connectivity index (χ3v) is 1.83. The number of fused-ring (bicyclic) bond motifs is 1. The van der Waals surface area contributed by atoms with Crippen LogP contribution in [0.1, 0.15) is 5.69 Å². The molecule has 0 unspecified atom stereocenters. The van der Waals surface area contributed by atoms with Gasteiger partial charge in [0.1, 0.15) is 0 Å². The highest BCUT2D eigenvalue weighted by Crippen LogP contribution is 2.01. The monoisotopic (exact) mass is 168 g/mol. The second kappa shape index (κ2) is 2.60. The lowest BCUT2D eigenvalue weighted by Gasteiger charge is -2.16. The highest BCUT2D eigenvalue weighted by Gasteiger charge is 2.10. The van der Waals surface area contributed by atoms with E-state index in [1.54, 1.807) is 0 Å². The Morgan fingerprint density at radius 1 is 1.50 bits per heavy atom. The first-order valence-corrected chi connectivity index (χ1v) is 3.68. The third kappa shape index (κ3) is 1.08. The number of hydrogen-bond acceptors (Lipinski definition) is 3. The minimum atomic E-state index is -0.364. The van der Waals surface area contributed by atoms with Gasteiger partial charge in [-0.25, -0.2) is 4.79 Å². The fourth-order valence-corrected chi connectivity index (χ4v) is 1.27. The minimum Gasteiger partial charge on any atom is -0.373 e. The predicted molar refractivity (Wildman–Crippen MR) is 41.0 cm³/mol. The summed E-state index contributed by atoms with van der Waals surface area (Å²) in [7, 11) is 0. The van der Waals surface area contributed by atoms with Crippen molar-refractivity contribution in [3.05, 3.63) is 32.6 Å². The average molecular weight is 168 g/mol. The molecule has 0 atom stereocenters. The lowest BCUT2D eigenvalue weighted by molar-refractivity contribution is 0.0815. The third-order valence-electron chi connectivity index (χ3n) is 1.83. The van der Waals surface area contributed by atoms with E-state index in [2.05, 4.69) is 4.98 Å². The van der Waals surface area contributed by atoms with Crippen LogP contribution in [-0.2, 0) is 17.9 Å². The zero-order valence-corrected chi connectivity index (χ0v) is 6.37. The summed E-state index contributed by atoms with van der Waals surface area (Å²) in [5, 5.41) is 0. The van der Waals surface area contributed by atoms with E-state index < -0.39 is 0 Å². The van der Waals surface area contributed by atoms with Crippen LogP contribution in [0, 0.1) is 0 Å². The summed E-state index contributed by atoms with van der Waals surface area (Å²) >= 11 is 0. The average Bonchev–Trinajstić information content (AvgIpc) is 2.04. The van der Waals surface area contributed by atoms with Crippen LogP contribution in [-0.4, -0.2) is 16.2 Å². The summed E-state index contributed by atoms with van der Waals surface area (Å²) < 4.78 is 6.61. The molecule has 0 radical (unpaired) electrons. The van der Waals surface area contributed by atoms with E-state index in [0.29, 0.717) is 25.5 Å². The molecule has 64 valence electrons. The molecule has 12 heavy (non-hydrogen) atoms. The maximum atomic E-state index is 11.1. The smallest absolute Gasteiger partial charge is 0.328 e. The standard InChI is InChI=1S/C7H8N2O3/c10-6-3-5-4-12-2-1-9(5)7(11)8-6/h3H,1-2,4H2,(H,8,10,11). The maximum Gasteiger partial charge on any atom is 0.328 e. The van der Waals surface area contributed by atoms with Gasteiger partial charge in [-0.2, -0.15) is 0 Å². The van der Waals surface area contributed by atoms with Crippen molar-refractivity contribution < 1.29 is 4.74 Å². The molecule has 0 fully saturated rings. The van der Waals surface area contributed by atoms with E-state index in [0.717, 1.165) is 0 Å². The molecule has 5 nitrogen and oxygen atoms in total. The Hall–Kier alpha value is -1.36. The Bertz CT molecular complexity index is 404. The SMILES string of the molecule is O=c1cc2n(c(=O)[nH]1)CCOC2. The summed E-state index contributed by atoms with van der Waals surface area (Å²) in [6.07, 6.45) is 0. The van der Waals surface area contributed by atoms with Gasteiger partial charge >= 0.3 is 5.69 Å². The Labute approximate surface area is 67.6 Å². The number of hydrogen-bond donors (Lipinski definition) is 1. The van der Waals surface area contributed by atoms with Gasteiger partial charge in [-0.3, -0.25) is 14.3 Å². The Balaban J connectivity index is 2.68. The van der Waals surface area contributed by atoms with Gasteiger partial charge in [0.05, 0.1) is 25.5 Å². The quantitative estimate of drug-likeness (QED) is 0.544. The van der Waals surface area contributed by atoms with Crippen LogP contribution in [0.5, 0.6) is 0 Å². The molecule has 0 amide bonds. The van der Waals surface area contributed by atoms with Gasteiger partial charge in [-0.15, -0.1) is 0 Å². The number of H-pyrrole nitrogens is 1. The van der Waals surface area contributed by atoms with Gasteiger partial charge in [-0.1, -0.05) is 0 Å². The van der Waals surface area contributed by atoms with Crippen LogP contribution >= 0.6 is 0 Å². The maximum absolute atomic E-state index is 11.1. The lowest BCUT2D eigenvalue weighted by Crippen LogP contribution is -2.35. The summed E-state index contributed by atoms with van der Waals surface area (Å²) in [6, 6.07) is 1.39. The molecule has 5 heteroatoms. The normalized spacial score (nSPS) is 15.7. The first-order valence-electron chi connectivity index (χ1n) is 3.68. The molecule has 0 spiro atoms. The molecule has 2 heterocycles. The van der Waals surface area contributed by atoms with Gasteiger partial charge in [0.25, 0.3) is 5.56 Å². The number of aromatic amines is 1. The molecule has 0 bridgehead atoms. The van der Waals surface area contributed by atoms with E-state index in [-0.39, 0.29) is 11.2 Å². The fourth-order valence-electron chi connectivity index (χ4n) is 1.27. The number of nitrogens with one attached hydrogen (secondary N) is 1. The van der Waals surface area contributed by atoms with E-state index in [9.17, 15) is 9.59 Å². The van der Waals surface area contributed by atoms with Crippen molar-refractivity contribution in [1.29, 1.82) is 0 Å². The number of rotatable bonds is 0. The van der Waals surface area contributed by atoms with Crippen molar-refractivity contribution in [1.82, 2.24) is 9.55 Å². The summed E-state index contributed by atoms with van der Waals surface area (Å²) in [4.78, 5) is 24.2. The molecule has 1 aromatic heterocycles. The fraction of sp³-hybridized carbons (Fsp3) is 0.429. The number of ether oxygens (including phenoxy) is 1. The molecule has 1 aromatic rings. The zero-order chi connectivity index (χ0) is 8.55. The molecule has 0 saturated heterocycles. The van der Waals surface area contributed by atoms with Crippen molar-refractivity contribution in [2.75, 3.05) is 6.61 Å². The van der Waals surface area contributed by atoms with Crippen molar-refractivity contribution in [2.24, 2.45) is 0 Å². The van der Waals surface area contributed by atoms with Crippen LogP contribution in [0.3, 0.4) is 0 Å². The van der Waals surface area contributed by atoms with Crippen molar-refractivity contribution in [3.63, 3.8) is 0 Å². The predicted octanol–water partition coefficient (Wildman–Crippen LogP) is -0.933. The summed E-state index contributed by atoms with van der Waals surface area (Å²) in [5.41, 5.74) is -0.0625. The second-order valence-electron chi connectivity index (χ2n) is 2.63. The van der Waals surface area contributed by atoms with Crippen molar-refractivity contribution in [2.45, 2.75) is 13.2 Å². The van der Waals surface area contributed by atoms with Crippen molar-refractivity contribution in [3.8, 4) is 0 Å². The Kier molecular flexibility index (Phi) is 1.58. The minimum absolute atomic E-state index is 0.346. The van der Waals surface area contributed by atoms with Crippen LogP contribution < -0.4 is 11.2 Å². The van der Waals surface area contributed by atoms with Gasteiger partial charge in [0, 0.05) is 6.07 Å². The molecular weight excluding hydrogens is 160 g/mol. The van der Waals surface area contributed by atoms with Gasteiger partial charge in [-0.05, 0) is 0 Å². The van der Waals surface area contributed by atoms with Crippen LogP contribution in [0.2, 0.25) is 0 Å². The van der Waals surface area contributed by atoms with Crippen LogP contribution in [0.25, 0.3) is 0 Å². The van der Waals surface area contributed by atoms with Gasteiger partial charge in [0.15, 0.2) is 0 Å². The summed E-state index contributed by atoms with van der Waals surface area (Å²) in [5.74, 6) is 0. The molecular formula is C7H8N2O3. The van der Waals surface area contributed by atoms with E-state index >= 15 is 0 Å². The first-order chi connectivity index (χ1) is 5.77. The zero-order valence-electron chi connectivity index (χ0n) is 6.37. The molecule has 0 saturated carbocycles. The molecule has 0 aliphatic carbocycles. The number of nitrogens with zero attached hydrogens (tertiary/aromatic N) is 1. The lowest BCUT2D eigenvalue weighted by atomic mass is 10.3. The van der Waals surface area contributed by atoms with Gasteiger partial charge in [0.2, 0.25) is 0 Å². The van der Waals surface area contributed by atoms with E-state index in [1.165, 1.54) is 10.6 Å². The largest absolute Gasteiger partial charge is 0.373 e. The topological polar surface area (TPSA) is 64.1 Å². The molecule has 1 N–H and O–H groups in total. The molecule has 0 aromatic carbocycles. The van der Waals surface area contributed by atoms with E-state index in [4.69, 9.17) is 4.74 Å². The van der Waals surface area contributed by atoms with Crippen molar-refractivity contribution >= 4 is 0 Å². The Morgan fingerprint density at radius 3 is 3.17 bits per heavy atom. The molecule has 2 rings (SSSR count). The Morgan fingerprint density at radius 2 is 2.33 bits per heavy atom. The second-order valence-corrected chi connectivity index (χ2v) is 2.63. The highest BCUT2D eigenvalue weighted by molar-refractivity contribution is 5.01. The van der Waals surface area contributed by atoms with Gasteiger partial charge < -0.3 is 4.74 Å². The van der Waals surface area contributed by atoms with E-state index in [1.807, 2.05) is 0 Å². The number of aromatic nitrogens is 2. The molecule has 1 aliphatic heterocycles. The van der Waals surface area contributed by atoms with Crippen LogP contribution in [0.4, 0.5) is 0 Å². The highest BCUT2D eigenvalue weighted by atomic mass is 16.5. The van der Waals surface area contributed by atoms with Crippen LogP contribution in [0.15, 0.2) is 15.7 Å². The molecule has 1 aliphatic rings. The first kappa shape index (κ1) is 7.30.